The van der Waals surface area contributed by atoms with Crippen molar-refractivity contribution in [1.82, 2.24) is 14.7 Å². The lowest BCUT2D eigenvalue weighted by Gasteiger charge is -2.31. The summed E-state index contributed by atoms with van der Waals surface area (Å²) in [5, 5.41) is 14.8. The highest BCUT2D eigenvalue weighted by atomic mass is 35.5. The zero-order chi connectivity index (χ0) is 26.3. The molecule has 5 rings (SSSR count). The van der Waals surface area contributed by atoms with Gasteiger partial charge in [-0.25, -0.2) is 0 Å². The van der Waals surface area contributed by atoms with Gasteiger partial charge in [0.15, 0.2) is 5.17 Å². The Bertz CT molecular complexity index is 1470. The maximum absolute atomic E-state index is 13.5. The summed E-state index contributed by atoms with van der Waals surface area (Å²) in [5.41, 5.74) is 0.596. The number of fused-ring (bicyclic) bond motifs is 1. The van der Waals surface area contributed by atoms with Crippen molar-refractivity contribution in [2.24, 2.45) is 10.9 Å². The highest BCUT2D eigenvalue weighted by Crippen LogP contribution is 2.35. The number of carbonyl (C=O) groups excluding carboxylic acids is 1. The Morgan fingerprint density at radius 2 is 2.05 bits per heavy atom. The molecule has 12 heteroatoms. The number of piperidine rings is 1. The van der Waals surface area contributed by atoms with E-state index in [4.69, 9.17) is 11.6 Å². The highest BCUT2D eigenvalue weighted by molar-refractivity contribution is 8.18. The zero-order valence-electron chi connectivity index (χ0n) is 19.2. The van der Waals surface area contributed by atoms with Crippen molar-refractivity contribution in [3.63, 3.8) is 0 Å². The van der Waals surface area contributed by atoms with E-state index in [1.807, 2.05) is 4.90 Å². The molecule has 2 aromatic carbocycles. The number of aromatic nitrogens is 2. The van der Waals surface area contributed by atoms with E-state index in [1.54, 1.807) is 30.5 Å². The quantitative estimate of drug-likeness (QED) is 0.432. The third-order valence-corrected chi connectivity index (χ3v) is 7.59. The molecular formula is C25H20ClF3N4O3S. The second-order valence-electron chi connectivity index (χ2n) is 8.85. The van der Waals surface area contributed by atoms with Gasteiger partial charge in [0.2, 0.25) is 0 Å². The maximum atomic E-state index is 13.5. The average Bonchev–Trinajstić information content (AvgIpc) is 3.42. The van der Waals surface area contributed by atoms with Crippen LogP contribution in [-0.2, 0) is 22.3 Å². The number of carbonyl (C=O) groups is 2. The molecule has 1 atom stereocenters. The predicted octanol–water partition coefficient (Wildman–Crippen LogP) is 5.52. The number of hydrogen-bond acceptors (Lipinski definition) is 5. The molecule has 0 bridgehead atoms. The molecule has 1 unspecified atom stereocenters. The average molecular weight is 549 g/mol. The minimum Gasteiger partial charge on any atom is -0.481 e. The maximum Gasteiger partial charge on any atom is 0.416 e. The van der Waals surface area contributed by atoms with Crippen LogP contribution in [0.4, 0.5) is 13.2 Å². The van der Waals surface area contributed by atoms with E-state index < -0.39 is 29.5 Å². The zero-order valence-corrected chi connectivity index (χ0v) is 20.8. The van der Waals surface area contributed by atoms with Gasteiger partial charge in [0.1, 0.15) is 0 Å². The van der Waals surface area contributed by atoms with Crippen molar-refractivity contribution < 1.29 is 27.9 Å². The van der Waals surface area contributed by atoms with Gasteiger partial charge in [-0.3, -0.25) is 14.3 Å². The van der Waals surface area contributed by atoms with Gasteiger partial charge >= 0.3 is 12.1 Å². The fourth-order valence-corrected chi connectivity index (χ4v) is 5.59. The molecule has 1 N–H and O–H groups in total. The Hall–Kier alpha value is -3.31. The molecule has 0 saturated carbocycles. The van der Waals surface area contributed by atoms with Crippen LogP contribution in [0.2, 0.25) is 5.02 Å². The summed E-state index contributed by atoms with van der Waals surface area (Å²) in [7, 11) is 0. The normalized spacial score (nSPS) is 19.6. The summed E-state index contributed by atoms with van der Waals surface area (Å²) in [4.78, 5) is 30.2. The standard InChI is InChI=1S/C25H20ClF3N4O3S/c26-18-5-4-15(19(10-18)25(27,28)29)13-33-20-6-3-14(8-17(20)11-30-33)9-21-22(34)31-24(37-21)32-7-1-2-16(12-32)23(35)36/h3-6,8-11,16H,1-2,7,12-13H2,(H,35,36). The van der Waals surface area contributed by atoms with Crippen LogP contribution in [0, 0.1) is 5.92 Å². The second-order valence-corrected chi connectivity index (χ2v) is 10.3. The number of likely N-dealkylation sites (tertiary alicyclic amines) is 1. The van der Waals surface area contributed by atoms with E-state index >= 15 is 0 Å². The molecule has 1 amide bonds. The van der Waals surface area contributed by atoms with Gasteiger partial charge in [0.05, 0.1) is 34.6 Å². The van der Waals surface area contributed by atoms with E-state index in [1.165, 1.54) is 28.6 Å². The number of aliphatic carboxylic acids is 1. The van der Waals surface area contributed by atoms with Crippen LogP contribution >= 0.6 is 23.4 Å². The monoisotopic (exact) mass is 548 g/mol. The van der Waals surface area contributed by atoms with Crippen molar-refractivity contribution in [1.29, 1.82) is 0 Å². The topological polar surface area (TPSA) is 87.8 Å². The molecule has 192 valence electrons. The molecule has 3 aromatic rings. The highest BCUT2D eigenvalue weighted by Gasteiger charge is 2.34. The van der Waals surface area contributed by atoms with Crippen LogP contribution in [0.25, 0.3) is 17.0 Å². The Morgan fingerprint density at radius 3 is 2.81 bits per heavy atom. The van der Waals surface area contributed by atoms with Crippen molar-refractivity contribution in [2.75, 3.05) is 13.1 Å². The van der Waals surface area contributed by atoms with Gasteiger partial charge in [0, 0.05) is 23.5 Å². The number of thioether (sulfide) groups is 1. The number of carboxylic acid groups (broad SMARTS) is 1. The van der Waals surface area contributed by atoms with Gasteiger partial charge in [-0.2, -0.15) is 23.3 Å². The van der Waals surface area contributed by atoms with Crippen molar-refractivity contribution in [3.05, 3.63) is 69.2 Å². The van der Waals surface area contributed by atoms with Crippen molar-refractivity contribution >= 4 is 57.4 Å². The van der Waals surface area contributed by atoms with E-state index in [0.717, 1.165) is 6.07 Å². The van der Waals surface area contributed by atoms with Gasteiger partial charge in [0.25, 0.3) is 5.91 Å². The first-order valence-electron chi connectivity index (χ1n) is 11.4. The number of rotatable bonds is 4. The van der Waals surface area contributed by atoms with E-state index in [-0.39, 0.29) is 17.1 Å². The molecule has 1 saturated heterocycles. The lowest BCUT2D eigenvalue weighted by Crippen LogP contribution is -2.40. The predicted molar refractivity (Wildman–Crippen MR) is 135 cm³/mol. The molecule has 7 nitrogen and oxygen atoms in total. The molecule has 0 radical (unpaired) electrons. The Balaban J connectivity index is 1.35. The molecule has 37 heavy (non-hydrogen) atoms. The third kappa shape index (κ3) is 5.37. The van der Waals surface area contributed by atoms with Crippen LogP contribution in [0.5, 0.6) is 0 Å². The number of nitrogens with zero attached hydrogens (tertiary/aromatic N) is 4. The number of halogens is 4. The van der Waals surface area contributed by atoms with Crippen LogP contribution in [-0.4, -0.2) is 49.9 Å². The summed E-state index contributed by atoms with van der Waals surface area (Å²) in [5.74, 6) is -1.73. The van der Waals surface area contributed by atoms with E-state index in [0.29, 0.717) is 52.5 Å². The summed E-state index contributed by atoms with van der Waals surface area (Å²) in [6.07, 6.45) is 0.0258. The Morgan fingerprint density at radius 1 is 1.24 bits per heavy atom. The first-order valence-corrected chi connectivity index (χ1v) is 12.6. The van der Waals surface area contributed by atoms with Crippen LogP contribution in [0.1, 0.15) is 29.5 Å². The summed E-state index contributed by atoms with van der Waals surface area (Å²) >= 11 is 6.99. The Kier molecular flexibility index (Phi) is 6.76. The van der Waals surface area contributed by atoms with E-state index in [2.05, 4.69) is 10.1 Å². The number of hydrogen-bond donors (Lipinski definition) is 1. The van der Waals surface area contributed by atoms with Gasteiger partial charge < -0.3 is 10.0 Å². The minimum absolute atomic E-state index is 0.00698. The van der Waals surface area contributed by atoms with Gasteiger partial charge in [-0.15, -0.1) is 0 Å². The van der Waals surface area contributed by atoms with Gasteiger partial charge in [-0.1, -0.05) is 23.7 Å². The smallest absolute Gasteiger partial charge is 0.416 e. The molecule has 2 aliphatic heterocycles. The lowest BCUT2D eigenvalue weighted by atomic mass is 9.99. The molecular weight excluding hydrogens is 529 g/mol. The number of alkyl halides is 3. The lowest BCUT2D eigenvalue weighted by molar-refractivity contribution is -0.143. The summed E-state index contributed by atoms with van der Waals surface area (Å²) in [6, 6.07) is 8.97. The molecule has 0 aliphatic carbocycles. The number of aliphatic imine (C=N–C) groups is 1. The Labute approximate surface area is 218 Å². The molecule has 1 fully saturated rings. The first kappa shape index (κ1) is 25.3. The van der Waals surface area contributed by atoms with Crippen LogP contribution in [0.15, 0.2) is 52.5 Å². The largest absolute Gasteiger partial charge is 0.481 e. The number of benzene rings is 2. The van der Waals surface area contributed by atoms with E-state index in [9.17, 15) is 27.9 Å². The second kappa shape index (κ2) is 9.86. The number of amidine groups is 1. The fraction of sp³-hybridized carbons (Fsp3) is 0.280. The number of carboxylic acids is 1. The summed E-state index contributed by atoms with van der Waals surface area (Å²) in [6.45, 7) is 0.871. The molecule has 2 aliphatic rings. The molecule has 0 spiro atoms. The first-order chi connectivity index (χ1) is 17.6. The molecule has 1 aromatic heterocycles. The number of amides is 1. The third-order valence-electron chi connectivity index (χ3n) is 6.31. The van der Waals surface area contributed by atoms with Crippen LogP contribution < -0.4 is 0 Å². The molecule has 3 heterocycles. The fourth-order valence-electron chi connectivity index (χ4n) is 4.47. The minimum atomic E-state index is -4.54. The van der Waals surface area contributed by atoms with Crippen LogP contribution in [0.3, 0.4) is 0 Å². The van der Waals surface area contributed by atoms with Crippen molar-refractivity contribution in [3.8, 4) is 0 Å². The van der Waals surface area contributed by atoms with Crippen molar-refractivity contribution in [2.45, 2.75) is 25.6 Å². The summed E-state index contributed by atoms with van der Waals surface area (Å²) < 4.78 is 41.9. The SMILES string of the molecule is O=C1N=C(N2CCCC(C(=O)O)C2)SC1=Cc1ccc2c(cnn2Cc2ccc(Cl)cc2C(F)(F)F)c1. The van der Waals surface area contributed by atoms with Gasteiger partial charge in [-0.05, 0) is 66.1 Å².